The third-order valence-corrected chi connectivity index (χ3v) is 7.03. The van der Waals surface area contributed by atoms with Gasteiger partial charge < -0.3 is 40.5 Å². The van der Waals surface area contributed by atoms with E-state index in [1.54, 1.807) is 0 Å². The van der Waals surface area contributed by atoms with Crippen molar-refractivity contribution in [2.45, 2.75) is 121 Å². The lowest BCUT2D eigenvalue weighted by Crippen LogP contribution is -2.60. The van der Waals surface area contributed by atoms with Crippen LogP contribution in [0.2, 0.25) is 0 Å². The molecule has 0 saturated carbocycles. The zero-order valence-electron chi connectivity index (χ0n) is 23.3. The molecule has 1 aliphatic rings. The van der Waals surface area contributed by atoms with Gasteiger partial charge in [0.15, 0.2) is 6.29 Å². The van der Waals surface area contributed by atoms with Crippen LogP contribution in [-0.4, -0.2) is 108 Å². The van der Waals surface area contributed by atoms with E-state index < -0.39 is 78.8 Å². The number of aliphatic hydroxyl groups excluding tert-OH is 4. The van der Waals surface area contributed by atoms with Crippen LogP contribution in [0.4, 0.5) is 0 Å². The summed E-state index contributed by atoms with van der Waals surface area (Å²) in [6.07, 6.45) is 4.73. The van der Waals surface area contributed by atoms with Crippen molar-refractivity contribution in [2.24, 2.45) is 0 Å². The summed E-state index contributed by atoms with van der Waals surface area (Å²) < 4.78 is 44.7. The van der Waals surface area contributed by atoms with Crippen molar-refractivity contribution in [3.63, 3.8) is 0 Å². The number of hydrogen-bond acceptors (Lipinski definition) is 11. The lowest BCUT2D eigenvalue weighted by molar-refractivity contribution is -0.301. The first kappa shape index (κ1) is 36.6. The molecule has 2 amide bonds. The molecule has 15 heteroatoms. The number of unbranched alkanes of at least 4 members (excludes halogenated alkanes) is 10. The molecule has 1 saturated heterocycles. The Hall–Kier alpha value is -1.43. The maximum Gasteiger partial charge on any atom is 0.397 e. The number of carbonyl (C=O) groups excluding carboxylic acids is 2. The maximum atomic E-state index is 12.6. The summed E-state index contributed by atoms with van der Waals surface area (Å²) in [5.41, 5.74) is 0. The number of hydrogen-bond donors (Lipinski definition) is 7. The predicted molar refractivity (Wildman–Crippen MR) is 143 cm³/mol. The number of carbonyl (C=O) groups is 2. The van der Waals surface area contributed by atoms with Crippen molar-refractivity contribution in [1.82, 2.24) is 10.6 Å². The Morgan fingerprint density at radius 3 is 2.02 bits per heavy atom. The average Bonchev–Trinajstić information content (AvgIpc) is 2.91. The van der Waals surface area contributed by atoms with Crippen LogP contribution in [0.3, 0.4) is 0 Å². The lowest BCUT2D eigenvalue weighted by Gasteiger charge is -2.39. The Kier molecular flexibility index (Phi) is 18.7. The summed E-state index contributed by atoms with van der Waals surface area (Å²) >= 11 is 0. The van der Waals surface area contributed by atoms with Crippen molar-refractivity contribution >= 4 is 22.2 Å². The fraction of sp³-hybridized carbons (Fsp3) is 0.920. The smallest absolute Gasteiger partial charge is 0.394 e. The van der Waals surface area contributed by atoms with Gasteiger partial charge in [0.25, 0.3) is 0 Å². The van der Waals surface area contributed by atoms with Crippen LogP contribution in [0.25, 0.3) is 0 Å². The molecule has 0 aromatic heterocycles. The quantitative estimate of drug-likeness (QED) is 0.0641. The number of nitrogens with one attached hydrogen (secondary N) is 2. The molecular weight excluding hydrogens is 552 g/mol. The van der Waals surface area contributed by atoms with E-state index in [9.17, 15) is 38.4 Å². The van der Waals surface area contributed by atoms with Crippen LogP contribution < -0.4 is 10.6 Å². The summed E-state index contributed by atoms with van der Waals surface area (Å²) in [6.45, 7) is 0.136. The second-order valence-corrected chi connectivity index (χ2v) is 11.1. The molecule has 1 aliphatic heterocycles. The monoisotopic (exact) mass is 600 g/mol. The van der Waals surface area contributed by atoms with Crippen LogP contribution in [0, 0.1) is 0 Å². The molecule has 1 heterocycles. The first-order chi connectivity index (χ1) is 19.0. The summed E-state index contributed by atoms with van der Waals surface area (Å²) in [7, 11) is -4.69. The maximum absolute atomic E-state index is 12.6. The molecule has 1 unspecified atom stereocenters. The van der Waals surface area contributed by atoms with Gasteiger partial charge in [0, 0.05) is 13.0 Å². The lowest BCUT2D eigenvalue weighted by atomic mass is 9.99. The molecular formula is C25H48N2O12S. The minimum atomic E-state index is -4.69. The number of aliphatic hydroxyl groups is 4. The Morgan fingerprint density at radius 2 is 1.48 bits per heavy atom. The van der Waals surface area contributed by atoms with E-state index in [1.165, 1.54) is 38.5 Å². The van der Waals surface area contributed by atoms with Crippen LogP contribution in [0.5, 0.6) is 0 Å². The minimum Gasteiger partial charge on any atom is -0.394 e. The highest BCUT2D eigenvalue weighted by Gasteiger charge is 2.44. The largest absolute Gasteiger partial charge is 0.397 e. The van der Waals surface area contributed by atoms with E-state index in [4.69, 9.17) is 14.0 Å². The van der Waals surface area contributed by atoms with Gasteiger partial charge in [0.2, 0.25) is 11.8 Å². The molecule has 1 fully saturated rings. The molecule has 14 nitrogen and oxygen atoms in total. The van der Waals surface area contributed by atoms with Crippen LogP contribution in [0.1, 0.15) is 84.0 Å². The van der Waals surface area contributed by atoms with E-state index in [-0.39, 0.29) is 13.0 Å². The zero-order valence-corrected chi connectivity index (χ0v) is 24.1. The van der Waals surface area contributed by atoms with E-state index in [0.717, 1.165) is 25.7 Å². The summed E-state index contributed by atoms with van der Waals surface area (Å²) in [5.74, 6) is -1.20. The van der Waals surface area contributed by atoms with E-state index in [1.807, 2.05) is 0 Å². The number of amides is 2. The molecule has 0 aromatic carbocycles. The molecule has 236 valence electrons. The van der Waals surface area contributed by atoms with E-state index in [2.05, 4.69) is 21.7 Å². The molecule has 1 rings (SSSR count). The molecule has 6 atom stereocenters. The van der Waals surface area contributed by atoms with Gasteiger partial charge in [0.05, 0.1) is 19.8 Å². The second-order valence-electron chi connectivity index (χ2n) is 9.98. The topological polar surface area (TPSA) is 221 Å². The van der Waals surface area contributed by atoms with Gasteiger partial charge in [-0.25, -0.2) is 4.18 Å². The number of rotatable bonds is 22. The van der Waals surface area contributed by atoms with Crippen molar-refractivity contribution < 1.29 is 56.6 Å². The fourth-order valence-electron chi connectivity index (χ4n) is 4.24. The van der Waals surface area contributed by atoms with Gasteiger partial charge in [-0.3, -0.25) is 14.1 Å². The summed E-state index contributed by atoms with van der Waals surface area (Å²) in [6, 6.07) is -1.29. The Morgan fingerprint density at radius 1 is 0.900 bits per heavy atom. The normalized spacial score (nSPS) is 24.0. The van der Waals surface area contributed by atoms with Gasteiger partial charge in [-0.1, -0.05) is 71.1 Å². The first-order valence-electron chi connectivity index (χ1n) is 14.1. The highest BCUT2D eigenvalue weighted by molar-refractivity contribution is 7.80. The molecule has 0 aliphatic carbocycles. The molecule has 0 aromatic rings. The third kappa shape index (κ3) is 15.5. The average molecular weight is 601 g/mol. The summed E-state index contributed by atoms with van der Waals surface area (Å²) in [4.78, 5) is 25.2. The molecule has 0 spiro atoms. The van der Waals surface area contributed by atoms with Gasteiger partial charge >= 0.3 is 10.4 Å². The van der Waals surface area contributed by atoms with Gasteiger partial charge in [-0.2, -0.15) is 8.42 Å². The zero-order chi connectivity index (χ0) is 30.0. The van der Waals surface area contributed by atoms with Crippen LogP contribution >= 0.6 is 0 Å². The SMILES string of the molecule is CCCCCCCCCCCCCC(=O)NC(CO[C@@H]1O[C@H](CO)[C@H](O)[C@H](O)[C@H]1O)C(=O)NCCOS(=O)(=O)O. The molecule has 0 radical (unpaired) electrons. The van der Waals surface area contributed by atoms with E-state index >= 15 is 0 Å². The standard InChI is InChI=1S/C25H48N2O12S/c1-2-3-4-5-6-7-8-9-10-11-12-13-20(29)27-18(24(33)26-14-15-38-40(34,35)36)17-37-25-23(32)22(31)21(30)19(16-28)39-25/h18-19,21-23,25,28,30-32H,2-17H2,1H3,(H,26,33)(H,27,29)(H,34,35,36)/t18?,19-,21+,22+,23-,25-/m1/s1. The van der Waals surface area contributed by atoms with Crippen LogP contribution in [0.15, 0.2) is 0 Å². The van der Waals surface area contributed by atoms with Gasteiger partial charge in [0.1, 0.15) is 30.5 Å². The Balaban J connectivity index is 2.52. The Bertz CT molecular complexity index is 814. The highest BCUT2D eigenvalue weighted by Crippen LogP contribution is 2.22. The fourth-order valence-corrected chi connectivity index (χ4v) is 4.53. The van der Waals surface area contributed by atoms with Crippen LogP contribution in [-0.2, 0) is 33.6 Å². The van der Waals surface area contributed by atoms with Gasteiger partial charge in [-0.15, -0.1) is 0 Å². The highest BCUT2D eigenvalue weighted by atomic mass is 32.3. The molecule has 7 N–H and O–H groups in total. The van der Waals surface area contributed by atoms with Crippen molar-refractivity contribution in [3.8, 4) is 0 Å². The van der Waals surface area contributed by atoms with Crippen molar-refractivity contribution in [3.05, 3.63) is 0 Å². The molecule has 0 bridgehead atoms. The van der Waals surface area contributed by atoms with Crippen molar-refractivity contribution in [1.29, 1.82) is 0 Å². The second kappa shape index (κ2) is 20.4. The minimum absolute atomic E-state index is 0.159. The van der Waals surface area contributed by atoms with Crippen molar-refractivity contribution in [2.75, 3.05) is 26.4 Å². The predicted octanol–water partition coefficient (Wildman–Crippen LogP) is -0.0756. The first-order valence-corrected chi connectivity index (χ1v) is 15.5. The summed E-state index contributed by atoms with van der Waals surface area (Å²) in [5, 5.41) is 44.2. The number of ether oxygens (including phenoxy) is 2. The van der Waals surface area contributed by atoms with E-state index in [0.29, 0.717) is 6.42 Å². The third-order valence-electron chi connectivity index (χ3n) is 6.57. The van der Waals surface area contributed by atoms with Gasteiger partial charge in [-0.05, 0) is 6.42 Å². The molecule has 40 heavy (non-hydrogen) atoms. The Labute approximate surface area is 236 Å².